The van der Waals surface area contributed by atoms with Gasteiger partial charge in [-0.05, 0) is 51.8 Å². The summed E-state index contributed by atoms with van der Waals surface area (Å²) in [5.74, 6) is 8.37. The van der Waals surface area contributed by atoms with Crippen molar-refractivity contribution >= 4 is 13.2 Å². The fraction of sp³-hybridized carbons (Fsp3) is 0.333. The topological polar surface area (TPSA) is 18.5 Å². The molecule has 0 aromatic heterocycles. The Kier molecular flexibility index (Phi) is 4.54. The van der Waals surface area contributed by atoms with Crippen molar-refractivity contribution in [3.05, 3.63) is 65.2 Å². The van der Waals surface area contributed by atoms with E-state index in [0.717, 1.165) is 17.5 Å². The molecule has 2 aliphatic rings. The van der Waals surface area contributed by atoms with Crippen LogP contribution in [0, 0.1) is 11.8 Å². The lowest BCUT2D eigenvalue weighted by Gasteiger charge is -2.32. The standard InChI is InChI=1S/C21H23BO2/c1-20(2)21(3,4)24-22(23-20)16-15-19-13-11-18(12-14-19)10-9-17-7-5-6-8-17/h5-7,11-16H,8H2,1-4H3/b16-15+. The molecule has 0 amide bonds. The van der Waals surface area contributed by atoms with E-state index in [1.807, 2.05) is 30.3 Å². The van der Waals surface area contributed by atoms with E-state index < -0.39 is 0 Å². The maximum absolute atomic E-state index is 5.96. The molecule has 1 heterocycles. The lowest BCUT2D eigenvalue weighted by atomic mass is 9.89. The Bertz CT molecular complexity index is 739. The summed E-state index contributed by atoms with van der Waals surface area (Å²) in [6.07, 6.45) is 9.21. The zero-order valence-electron chi connectivity index (χ0n) is 14.8. The first kappa shape index (κ1) is 16.8. The zero-order chi connectivity index (χ0) is 17.2. The summed E-state index contributed by atoms with van der Waals surface area (Å²) in [5.41, 5.74) is 2.70. The van der Waals surface area contributed by atoms with Crippen molar-refractivity contribution in [1.82, 2.24) is 0 Å². The van der Waals surface area contributed by atoms with Gasteiger partial charge in [-0.15, -0.1) is 0 Å². The predicted octanol–water partition coefficient (Wildman–Crippen LogP) is 4.57. The highest BCUT2D eigenvalue weighted by molar-refractivity contribution is 6.52. The van der Waals surface area contributed by atoms with Gasteiger partial charge in [-0.1, -0.05) is 54.3 Å². The number of hydrogen-bond acceptors (Lipinski definition) is 2. The molecule has 0 radical (unpaired) electrons. The number of rotatable bonds is 2. The van der Waals surface area contributed by atoms with Crippen molar-refractivity contribution in [2.24, 2.45) is 0 Å². The summed E-state index contributed by atoms with van der Waals surface area (Å²) in [5, 5.41) is 0. The van der Waals surface area contributed by atoms with Gasteiger partial charge in [0.1, 0.15) is 0 Å². The molecular formula is C21H23BO2. The zero-order valence-corrected chi connectivity index (χ0v) is 14.8. The molecule has 1 aromatic carbocycles. The third-order valence-electron chi connectivity index (χ3n) is 4.77. The number of hydrogen-bond donors (Lipinski definition) is 0. The minimum atomic E-state index is -0.309. The van der Waals surface area contributed by atoms with Crippen molar-refractivity contribution in [2.75, 3.05) is 0 Å². The highest BCUT2D eigenvalue weighted by atomic mass is 16.7. The molecule has 24 heavy (non-hydrogen) atoms. The first-order valence-corrected chi connectivity index (χ1v) is 8.37. The average molecular weight is 318 g/mol. The highest BCUT2D eigenvalue weighted by Gasteiger charge is 2.49. The molecule has 122 valence electrons. The number of benzene rings is 1. The Balaban J connectivity index is 1.62. The van der Waals surface area contributed by atoms with Gasteiger partial charge in [0.25, 0.3) is 0 Å². The third-order valence-corrected chi connectivity index (χ3v) is 4.77. The molecule has 0 spiro atoms. The van der Waals surface area contributed by atoms with E-state index in [1.54, 1.807) is 0 Å². The minimum absolute atomic E-state index is 0.300. The summed E-state index contributed by atoms with van der Waals surface area (Å²) >= 11 is 0. The first-order valence-electron chi connectivity index (χ1n) is 8.37. The Morgan fingerprint density at radius 2 is 1.67 bits per heavy atom. The van der Waals surface area contributed by atoms with E-state index >= 15 is 0 Å². The van der Waals surface area contributed by atoms with Crippen LogP contribution in [-0.4, -0.2) is 18.3 Å². The van der Waals surface area contributed by atoms with Crippen LogP contribution in [0.3, 0.4) is 0 Å². The van der Waals surface area contributed by atoms with Crippen molar-refractivity contribution in [2.45, 2.75) is 45.3 Å². The molecule has 0 unspecified atom stereocenters. The van der Waals surface area contributed by atoms with Gasteiger partial charge in [-0.2, -0.15) is 0 Å². The van der Waals surface area contributed by atoms with E-state index in [-0.39, 0.29) is 18.3 Å². The molecule has 3 rings (SSSR count). The van der Waals surface area contributed by atoms with Gasteiger partial charge < -0.3 is 9.31 Å². The molecule has 3 heteroatoms. The van der Waals surface area contributed by atoms with Crippen molar-refractivity contribution in [3.8, 4) is 11.8 Å². The molecule has 1 aliphatic heterocycles. The van der Waals surface area contributed by atoms with Gasteiger partial charge in [0, 0.05) is 11.1 Å². The minimum Gasteiger partial charge on any atom is -0.400 e. The average Bonchev–Trinajstić information content (AvgIpc) is 3.10. The second-order valence-electron chi connectivity index (χ2n) is 7.18. The maximum atomic E-state index is 5.96. The van der Waals surface area contributed by atoms with Gasteiger partial charge in [-0.3, -0.25) is 0 Å². The van der Waals surface area contributed by atoms with Crippen LogP contribution in [0.5, 0.6) is 0 Å². The molecule has 1 saturated heterocycles. The van der Waals surface area contributed by atoms with Crippen LogP contribution in [0.25, 0.3) is 6.08 Å². The Labute approximate surface area is 145 Å². The van der Waals surface area contributed by atoms with Crippen LogP contribution in [0.2, 0.25) is 0 Å². The fourth-order valence-electron chi connectivity index (χ4n) is 2.53. The molecule has 0 bridgehead atoms. The van der Waals surface area contributed by atoms with Crippen molar-refractivity contribution in [1.29, 1.82) is 0 Å². The molecule has 1 aromatic rings. The van der Waals surface area contributed by atoms with Crippen LogP contribution in [0.4, 0.5) is 0 Å². The lowest BCUT2D eigenvalue weighted by Crippen LogP contribution is -2.41. The summed E-state index contributed by atoms with van der Waals surface area (Å²) in [6.45, 7) is 8.24. The molecule has 0 saturated carbocycles. The maximum Gasteiger partial charge on any atom is 0.487 e. The lowest BCUT2D eigenvalue weighted by molar-refractivity contribution is 0.00578. The van der Waals surface area contributed by atoms with Crippen molar-refractivity contribution < 1.29 is 9.31 Å². The van der Waals surface area contributed by atoms with E-state index in [4.69, 9.17) is 9.31 Å². The second-order valence-corrected chi connectivity index (χ2v) is 7.18. The predicted molar refractivity (Wildman–Crippen MR) is 100 cm³/mol. The van der Waals surface area contributed by atoms with Gasteiger partial charge in [0.05, 0.1) is 11.2 Å². The van der Waals surface area contributed by atoms with Crippen LogP contribution in [0.15, 0.2) is 54.0 Å². The van der Waals surface area contributed by atoms with Gasteiger partial charge >= 0.3 is 7.12 Å². The molecule has 1 aliphatic carbocycles. The summed E-state index contributed by atoms with van der Waals surface area (Å²) in [7, 11) is -0.309. The van der Waals surface area contributed by atoms with E-state index in [1.165, 1.54) is 5.57 Å². The van der Waals surface area contributed by atoms with Crippen LogP contribution in [0.1, 0.15) is 45.2 Å². The molecule has 0 atom stereocenters. The smallest absolute Gasteiger partial charge is 0.400 e. The van der Waals surface area contributed by atoms with Crippen LogP contribution >= 0.6 is 0 Å². The molecule has 2 nitrogen and oxygen atoms in total. The highest BCUT2D eigenvalue weighted by Crippen LogP contribution is 2.37. The third kappa shape index (κ3) is 3.72. The van der Waals surface area contributed by atoms with Crippen molar-refractivity contribution in [3.63, 3.8) is 0 Å². The quantitative estimate of drug-likeness (QED) is 0.587. The molecule has 0 N–H and O–H groups in total. The summed E-state index contributed by atoms with van der Waals surface area (Å²) in [4.78, 5) is 0. The molecule has 1 fully saturated rings. The molecular weight excluding hydrogens is 295 g/mol. The second kappa shape index (κ2) is 6.47. The van der Waals surface area contributed by atoms with E-state index in [9.17, 15) is 0 Å². The van der Waals surface area contributed by atoms with Crippen LogP contribution in [-0.2, 0) is 9.31 Å². The van der Waals surface area contributed by atoms with E-state index in [0.29, 0.717) is 0 Å². The normalized spacial score (nSPS) is 21.0. The Hall–Kier alpha value is -2.02. The fourth-order valence-corrected chi connectivity index (χ4v) is 2.53. The van der Waals surface area contributed by atoms with Gasteiger partial charge in [0.2, 0.25) is 0 Å². The monoisotopic (exact) mass is 318 g/mol. The SMILES string of the molecule is CC1(C)OB(/C=C/c2ccc(C#CC3=CC=CC3)cc2)OC1(C)C. The largest absolute Gasteiger partial charge is 0.487 e. The Morgan fingerprint density at radius 1 is 1.00 bits per heavy atom. The Morgan fingerprint density at radius 3 is 2.25 bits per heavy atom. The van der Waals surface area contributed by atoms with Crippen LogP contribution < -0.4 is 0 Å². The van der Waals surface area contributed by atoms with Gasteiger partial charge in [0.15, 0.2) is 0 Å². The first-order chi connectivity index (χ1) is 11.4. The van der Waals surface area contributed by atoms with E-state index in [2.05, 4.69) is 63.8 Å². The summed E-state index contributed by atoms with van der Waals surface area (Å²) in [6, 6.07) is 8.21. The summed E-state index contributed by atoms with van der Waals surface area (Å²) < 4.78 is 11.9. The number of allylic oxidation sites excluding steroid dienone is 4. The van der Waals surface area contributed by atoms with Gasteiger partial charge in [-0.25, -0.2) is 0 Å².